The average molecular weight is 307 g/mol. The van der Waals surface area contributed by atoms with Crippen LogP contribution in [0.5, 0.6) is 0 Å². The molecule has 2 rings (SSSR count). The van der Waals surface area contributed by atoms with Crippen LogP contribution in [0.15, 0.2) is 46.2 Å². The predicted octanol–water partition coefficient (Wildman–Crippen LogP) is 3.89. The standard InChI is InChI=1S/C14H10FNO4S/c1-8-2-3-9(16(19)20)6-13(8)21-10-4-5-12(15)11(7-10)14(17)18/h2-7H,1H3,(H,17,18). The number of halogens is 1. The first-order valence-electron chi connectivity index (χ1n) is 5.84. The number of nitro groups is 1. The van der Waals surface area contributed by atoms with Crippen molar-refractivity contribution < 1.29 is 19.2 Å². The number of carboxylic acids is 1. The van der Waals surface area contributed by atoms with Gasteiger partial charge < -0.3 is 5.11 Å². The maximum absolute atomic E-state index is 13.3. The molecule has 5 nitrogen and oxygen atoms in total. The third-order valence-corrected chi connectivity index (χ3v) is 3.93. The number of aromatic carboxylic acids is 1. The quantitative estimate of drug-likeness (QED) is 0.684. The third-order valence-electron chi connectivity index (χ3n) is 2.78. The highest BCUT2D eigenvalue weighted by atomic mass is 32.2. The maximum atomic E-state index is 13.3. The Balaban J connectivity index is 2.38. The van der Waals surface area contributed by atoms with Gasteiger partial charge in [-0.3, -0.25) is 10.1 Å². The molecule has 1 N–H and O–H groups in total. The van der Waals surface area contributed by atoms with Crippen molar-refractivity contribution in [3.05, 3.63) is 63.5 Å². The number of carbonyl (C=O) groups is 1. The molecule has 0 amide bonds. The summed E-state index contributed by atoms with van der Waals surface area (Å²) < 4.78 is 13.3. The summed E-state index contributed by atoms with van der Waals surface area (Å²) in [4.78, 5) is 22.3. The number of aryl methyl sites for hydroxylation is 1. The lowest BCUT2D eigenvalue weighted by Gasteiger charge is -2.07. The fourth-order valence-electron chi connectivity index (χ4n) is 1.67. The Kier molecular flexibility index (Phi) is 4.23. The molecule has 108 valence electrons. The first-order chi connectivity index (χ1) is 9.88. The van der Waals surface area contributed by atoms with Crippen LogP contribution in [0.1, 0.15) is 15.9 Å². The summed E-state index contributed by atoms with van der Waals surface area (Å²) in [6, 6.07) is 8.13. The largest absolute Gasteiger partial charge is 0.478 e. The molecule has 2 aromatic rings. The van der Waals surface area contributed by atoms with Crippen molar-refractivity contribution in [3.63, 3.8) is 0 Å². The van der Waals surface area contributed by atoms with Crippen LogP contribution < -0.4 is 0 Å². The van der Waals surface area contributed by atoms with Crippen LogP contribution in [-0.2, 0) is 0 Å². The highest BCUT2D eigenvalue weighted by molar-refractivity contribution is 7.99. The second-order valence-electron chi connectivity index (χ2n) is 4.26. The average Bonchev–Trinajstić information content (AvgIpc) is 2.42. The van der Waals surface area contributed by atoms with Crippen LogP contribution in [0, 0.1) is 22.9 Å². The number of non-ortho nitro benzene ring substituents is 1. The van der Waals surface area contributed by atoms with Gasteiger partial charge in [0.15, 0.2) is 0 Å². The molecular weight excluding hydrogens is 297 g/mol. The molecule has 0 bridgehead atoms. The Labute approximate surface area is 123 Å². The molecule has 0 spiro atoms. The number of rotatable bonds is 4. The molecule has 0 radical (unpaired) electrons. The van der Waals surface area contributed by atoms with Gasteiger partial charge in [0.2, 0.25) is 0 Å². The van der Waals surface area contributed by atoms with Gasteiger partial charge in [0, 0.05) is 21.9 Å². The van der Waals surface area contributed by atoms with E-state index in [9.17, 15) is 19.3 Å². The highest BCUT2D eigenvalue weighted by Gasteiger charge is 2.13. The minimum absolute atomic E-state index is 0.0522. The number of hydrogen-bond acceptors (Lipinski definition) is 4. The lowest BCUT2D eigenvalue weighted by Crippen LogP contribution is -2.00. The van der Waals surface area contributed by atoms with Crippen molar-refractivity contribution in [2.75, 3.05) is 0 Å². The summed E-state index contributed by atoms with van der Waals surface area (Å²) in [6.45, 7) is 1.79. The first-order valence-corrected chi connectivity index (χ1v) is 6.66. The van der Waals surface area contributed by atoms with E-state index in [2.05, 4.69) is 0 Å². The molecule has 2 aromatic carbocycles. The molecule has 0 aliphatic rings. The van der Waals surface area contributed by atoms with Gasteiger partial charge in [-0.2, -0.15) is 0 Å². The van der Waals surface area contributed by atoms with Crippen molar-refractivity contribution in [1.82, 2.24) is 0 Å². The van der Waals surface area contributed by atoms with Gasteiger partial charge in [-0.05, 0) is 30.7 Å². The lowest BCUT2D eigenvalue weighted by molar-refractivity contribution is -0.385. The van der Waals surface area contributed by atoms with Crippen molar-refractivity contribution in [2.45, 2.75) is 16.7 Å². The normalized spacial score (nSPS) is 10.4. The topological polar surface area (TPSA) is 80.4 Å². The van der Waals surface area contributed by atoms with Crippen LogP contribution in [0.4, 0.5) is 10.1 Å². The Bertz CT molecular complexity index is 733. The Morgan fingerprint density at radius 3 is 2.62 bits per heavy atom. The molecule has 0 saturated carbocycles. The van der Waals surface area contributed by atoms with Crippen LogP contribution in [0.25, 0.3) is 0 Å². The fourth-order valence-corrected chi connectivity index (χ4v) is 2.65. The van der Waals surface area contributed by atoms with Crippen LogP contribution in [-0.4, -0.2) is 16.0 Å². The second kappa shape index (κ2) is 5.92. The van der Waals surface area contributed by atoms with E-state index in [1.807, 2.05) is 0 Å². The van der Waals surface area contributed by atoms with Crippen molar-refractivity contribution >= 4 is 23.4 Å². The summed E-state index contributed by atoms with van der Waals surface area (Å²) >= 11 is 1.15. The van der Waals surface area contributed by atoms with Crippen molar-refractivity contribution in [2.24, 2.45) is 0 Å². The Morgan fingerprint density at radius 2 is 2.00 bits per heavy atom. The van der Waals surface area contributed by atoms with Crippen LogP contribution in [0.3, 0.4) is 0 Å². The first kappa shape index (κ1) is 15.0. The summed E-state index contributed by atoms with van der Waals surface area (Å²) in [5, 5.41) is 19.7. The molecule has 0 fully saturated rings. The predicted molar refractivity (Wildman–Crippen MR) is 75.3 cm³/mol. The van der Waals surface area contributed by atoms with E-state index in [0.29, 0.717) is 9.79 Å². The van der Waals surface area contributed by atoms with E-state index in [4.69, 9.17) is 5.11 Å². The van der Waals surface area contributed by atoms with E-state index >= 15 is 0 Å². The lowest BCUT2D eigenvalue weighted by atomic mass is 10.2. The summed E-state index contributed by atoms with van der Waals surface area (Å²) in [6.07, 6.45) is 0. The van der Waals surface area contributed by atoms with Gasteiger partial charge in [-0.15, -0.1) is 0 Å². The van der Waals surface area contributed by atoms with Gasteiger partial charge in [0.25, 0.3) is 5.69 Å². The van der Waals surface area contributed by atoms with Gasteiger partial charge in [-0.1, -0.05) is 17.8 Å². The third kappa shape index (κ3) is 3.38. The van der Waals surface area contributed by atoms with E-state index in [1.165, 1.54) is 24.3 Å². The summed E-state index contributed by atoms with van der Waals surface area (Å²) in [7, 11) is 0. The second-order valence-corrected chi connectivity index (χ2v) is 5.37. The Morgan fingerprint density at radius 1 is 1.29 bits per heavy atom. The number of hydrogen-bond donors (Lipinski definition) is 1. The molecule has 0 aliphatic carbocycles. The van der Waals surface area contributed by atoms with E-state index in [0.717, 1.165) is 23.4 Å². The van der Waals surface area contributed by atoms with E-state index < -0.39 is 22.3 Å². The van der Waals surface area contributed by atoms with Crippen molar-refractivity contribution in [3.8, 4) is 0 Å². The smallest absolute Gasteiger partial charge is 0.338 e. The Hall–Kier alpha value is -2.41. The zero-order chi connectivity index (χ0) is 15.6. The number of nitrogens with zero attached hydrogens (tertiary/aromatic N) is 1. The molecule has 7 heteroatoms. The number of benzene rings is 2. The minimum Gasteiger partial charge on any atom is -0.478 e. The zero-order valence-corrected chi connectivity index (χ0v) is 11.7. The molecular formula is C14H10FNO4S. The van der Waals surface area contributed by atoms with Crippen LogP contribution in [0.2, 0.25) is 0 Å². The SMILES string of the molecule is Cc1ccc([N+](=O)[O-])cc1Sc1ccc(F)c(C(=O)O)c1. The number of nitro benzene ring substituents is 1. The van der Waals surface area contributed by atoms with E-state index in [-0.39, 0.29) is 5.69 Å². The molecule has 21 heavy (non-hydrogen) atoms. The maximum Gasteiger partial charge on any atom is 0.338 e. The van der Waals surface area contributed by atoms with Gasteiger partial charge in [0.05, 0.1) is 10.5 Å². The van der Waals surface area contributed by atoms with Crippen LogP contribution >= 0.6 is 11.8 Å². The fraction of sp³-hybridized carbons (Fsp3) is 0.0714. The molecule has 0 unspecified atom stereocenters. The monoisotopic (exact) mass is 307 g/mol. The summed E-state index contributed by atoms with van der Waals surface area (Å²) in [5.41, 5.74) is 0.332. The highest BCUT2D eigenvalue weighted by Crippen LogP contribution is 2.33. The number of carboxylic acid groups (broad SMARTS) is 1. The molecule has 0 aliphatic heterocycles. The molecule has 0 aromatic heterocycles. The van der Waals surface area contributed by atoms with Gasteiger partial charge in [0.1, 0.15) is 5.82 Å². The minimum atomic E-state index is -1.36. The molecule has 0 saturated heterocycles. The van der Waals surface area contributed by atoms with Gasteiger partial charge in [-0.25, -0.2) is 9.18 Å². The van der Waals surface area contributed by atoms with Crippen molar-refractivity contribution in [1.29, 1.82) is 0 Å². The zero-order valence-electron chi connectivity index (χ0n) is 10.9. The summed E-state index contributed by atoms with van der Waals surface area (Å²) in [5.74, 6) is -2.17. The molecule has 0 heterocycles. The molecule has 0 atom stereocenters. The van der Waals surface area contributed by atoms with Gasteiger partial charge >= 0.3 is 5.97 Å². The van der Waals surface area contributed by atoms with E-state index in [1.54, 1.807) is 13.0 Å².